The second-order valence-electron chi connectivity index (χ2n) is 5.17. The third-order valence-corrected chi connectivity index (χ3v) is 5.89. The molecular weight excluding hydrogens is 262 g/mol. The number of ether oxygens (including phenoxy) is 1. The van der Waals surface area contributed by atoms with Gasteiger partial charge in [-0.2, -0.15) is 4.31 Å². The number of aryl methyl sites for hydroxylation is 1. The quantitative estimate of drug-likeness (QED) is 0.853. The van der Waals surface area contributed by atoms with E-state index in [0.717, 1.165) is 12.0 Å². The number of hydrogen-bond donors (Lipinski definition) is 0. The fraction of sp³-hybridized carbons (Fsp3) is 0.571. The minimum absolute atomic E-state index is 0.0208. The third kappa shape index (κ3) is 2.83. The Balaban J connectivity index is 2.28. The standard InChI is InChI=1S/C14H21NO3S/c1-11-8-9-15(10-13(11)18-3)19(16,17)14-7-5-4-6-12(14)2/h4-7,11,13H,8-10H2,1-3H3. The van der Waals surface area contributed by atoms with Crippen molar-refractivity contribution in [3.8, 4) is 0 Å². The predicted molar refractivity (Wildman–Crippen MR) is 74.5 cm³/mol. The fourth-order valence-corrected chi connectivity index (χ4v) is 4.21. The molecule has 4 nitrogen and oxygen atoms in total. The number of methoxy groups -OCH3 is 1. The van der Waals surface area contributed by atoms with E-state index in [1.54, 1.807) is 23.5 Å². The van der Waals surface area contributed by atoms with Gasteiger partial charge in [0, 0.05) is 20.2 Å². The molecular formula is C14H21NO3S. The lowest BCUT2D eigenvalue weighted by Crippen LogP contribution is -2.46. The van der Waals surface area contributed by atoms with E-state index in [2.05, 4.69) is 6.92 Å². The molecule has 0 N–H and O–H groups in total. The summed E-state index contributed by atoms with van der Waals surface area (Å²) >= 11 is 0. The molecule has 0 saturated carbocycles. The molecule has 0 aliphatic carbocycles. The van der Waals surface area contributed by atoms with Gasteiger partial charge in [-0.05, 0) is 30.9 Å². The molecule has 19 heavy (non-hydrogen) atoms. The lowest BCUT2D eigenvalue weighted by molar-refractivity contribution is 0.0183. The van der Waals surface area contributed by atoms with E-state index in [0.29, 0.717) is 23.9 Å². The van der Waals surface area contributed by atoms with Crippen molar-refractivity contribution in [2.45, 2.75) is 31.3 Å². The molecule has 1 heterocycles. The van der Waals surface area contributed by atoms with Crippen molar-refractivity contribution in [2.75, 3.05) is 20.2 Å². The van der Waals surface area contributed by atoms with Gasteiger partial charge in [0.05, 0.1) is 11.0 Å². The maximum atomic E-state index is 12.6. The summed E-state index contributed by atoms with van der Waals surface area (Å²) in [4.78, 5) is 0.402. The summed E-state index contributed by atoms with van der Waals surface area (Å²) in [6, 6.07) is 7.11. The number of nitrogens with zero attached hydrogens (tertiary/aromatic N) is 1. The zero-order valence-electron chi connectivity index (χ0n) is 11.7. The summed E-state index contributed by atoms with van der Waals surface area (Å²) in [7, 11) is -1.76. The molecule has 0 amide bonds. The van der Waals surface area contributed by atoms with Gasteiger partial charge < -0.3 is 4.74 Å². The lowest BCUT2D eigenvalue weighted by Gasteiger charge is -2.35. The average Bonchev–Trinajstić information content (AvgIpc) is 2.39. The van der Waals surface area contributed by atoms with Crippen LogP contribution in [0.4, 0.5) is 0 Å². The van der Waals surface area contributed by atoms with E-state index in [9.17, 15) is 8.42 Å². The molecule has 2 atom stereocenters. The Hall–Kier alpha value is -0.910. The molecule has 106 valence electrons. The van der Waals surface area contributed by atoms with Crippen molar-refractivity contribution in [1.82, 2.24) is 4.31 Å². The second-order valence-corrected chi connectivity index (χ2v) is 7.08. The number of rotatable bonds is 3. The van der Waals surface area contributed by atoms with Crippen LogP contribution in [0.2, 0.25) is 0 Å². The molecule has 1 aliphatic heterocycles. The molecule has 1 aromatic rings. The van der Waals surface area contributed by atoms with Crippen LogP contribution in [-0.4, -0.2) is 39.0 Å². The fourth-order valence-electron chi connectivity index (χ4n) is 2.52. The zero-order chi connectivity index (χ0) is 14.0. The van der Waals surface area contributed by atoms with Gasteiger partial charge in [-0.1, -0.05) is 25.1 Å². The molecule has 0 bridgehead atoms. The van der Waals surface area contributed by atoms with Crippen LogP contribution in [0.1, 0.15) is 18.9 Å². The smallest absolute Gasteiger partial charge is 0.243 e. The number of piperidine rings is 1. The Morgan fingerprint density at radius 3 is 2.63 bits per heavy atom. The first-order valence-corrected chi connectivity index (χ1v) is 7.99. The maximum absolute atomic E-state index is 12.6. The van der Waals surface area contributed by atoms with Crippen molar-refractivity contribution in [1.29, 1.82) is 0 Å². The van der Waals surface area contributed by atoms with Crippen LogP contribution < -0.4 is 0 Å². The summed E-state index contributed by atoms with van der Waals surface area (Å²) in [5, 5.41) is 0. The van der Waals surface area contributed by atoms with E-state index in [4.69, 9.17) is 4.74 Å². The van der Waals surface area contributed by atoms with E-state index < -0.39 is 10.0 Å². The summed E-state index contributed by atoms with van der Waals surface area (Å²) in [5.41, 5.74) is 0.787. The summed E-state index contributed by atoms with van der Waals surface area (Å²) < 4.78 is 32.2. The van der Waals surface area contributed by atoms with Gasteiger partial charge in [-0.3, -0.25) is 0 Å². The van der Waals surface area contributed by atoms with Crippen LogP contribution in [0.5, 0.6) is 0 Å². The van der Waals surface area contributed by atoms with E-state index in [1.807, 2.05) is 19.1 Å². The van der Waals surface area contributed by atoms with Crippen molar-refractivity contribution < 1.29 is 13.2 Å². The van der Waals surface area contributed by atoms with Crippen LogP contribution in [0.3, 0.4) is 0 Å². The molecule has 5 heteroatoms. The van der Waals surface area contributed by atoms with Crippen LogP contribution in [0.25, 0.3) is 0 Å². The largest absolute Gasteiger partial charge is 0.380 e. The predicted octanol–water partition coefficient (Wildman–Crippen LogP) is 2.04. The molecule has 2 unspecified atom stereocenters. The van der Waals surface area contributed by atoms with Crippen molar-refractivity contribution in [2.24, 2.45) is 5.92 Å². The topological polar surface area (TPSA) is 46.6 Å². The third-order valence-electron chi connectivity index (χ3n) is 3.87. The van der Waals surface area contributed by atoms with Crippen molar-refractivity contribution >= 4 is 10.0 Å². The van der Waals surface area contributed by atoms with Gasteiger partial charge in [0.25, 0.3) is 0 Å². The van der Waals surface area contributed by atoms with Gasteiger partial charge in [0.2, 0.25) is 10.0 Å². The molecule has 1 aliphatic rings. The van der Waals surface area contributed by atoms with Gasteiger partial charge in [0.15, 0.2) is 0 Å². The van der Waals surface area contributed by atoms with E-state index >= 15 is 0 Å². The van der Waals surface area contributed by atoms with Gasteiger partial charge in [-0.25, -0.2) is 8.42 Å². The normalized spacial score (nSPS) is 25.4. The molecule has 1 aromatic carbocycles. The Bertz CT molecular complexity index is 541. The number of benzene rings is 1. The summed E-state index contributed by atoms with van der Waals surface area (Å²) in [6.07, 6.45) is 0.816. The first kappa shape index (κ1) is 14.5. The summed E-state index contributed by atoms with van der Waals surface area (Å²) in [5.74, 6) is 0.397. The average molecular weight is 283 g/mol. The molecule has 1 fully saturated rings. The number of hydrogen-bond acceptors (Lipinski definition) is 3. The highest BCUT2D eigenvalue weighted by Gasteiger charge is 2.34. The van der Waals surface area contributed by atoms with E-state index in [-0.39, 0.29) is 6.10 Å². The summed E-state index contributed by atoms with van der Waals surface area (Å²) in [6.45, 7) is 4.94. The molecule has 0 radical (unpaired) electrons. The first-order chi connectivity index (χ1) is 8.96. The van der Waals surface area contributed by atoms with Crippen LogP contribution in [-0.2, 0) is 14.8 Å². The molecule has 0 spiro atoms. The minimum atomic E-state index is -3.41. The van der Waals surface area contributed by atoms with Crippen LogP contribution in [0.15, 0.2) is 29.2 Å². The Labute approximate surface area is 115 Å². The van der Waals surface area contributed by atoms with Gasteiger partial charge in [0.1, 0.15) is 0 Å². The lowest BCUT2D eigenvalue weighted by atomic mass is 9.97. The highest BCUT2D eigenvalue weighted by molar-refractivity contribution is 7.89. The molecule has 1 saturated heterocycles. The molecule has 2 rings (SSSR count). The molecule has 0 aromatic heterocycles. The van der Waals surface area contributed by atoms with Crippen LogP contribution in [0, 0.1) is 12.8 Å². The van der Waals surface area contributed by atoms with Crippen molar-refractivity contribution in [3.63, 3.8) is 0 Å². The maximum Gasteiger partial charge on any atom is 0.243 e. The highest BCUT2D eigenvalue weighted by atomic mass is 32.2. The Kier molecular flexibility index (Phi) is 4.28. The number of sulfonamides is 1. The first-order valence-electron chi connectivity index (χ1n) is 6.55. The highest BCUT2D eigenvalue weighted by Crippen LogP contribution is 2.26. The zero-order valence-corrected chi connectivity index (χ0v) is 12.5. The van der Waals surface area contributed by atoms with E-state index in [1.165, 1.54) is 0 Å². The SMILES string of the molecule is COC1CN(S(=O)(=O)c2ccccc2C)CCC1C. The van der Waals surface area contributed by atoms with Crippen LogP contribution >= 0.6 is 0 Å². The Morgan fingerprint density at radius 1 is 1.32 bits per heavy atom. The van der Waals surface area contributed by atoms with Gasteiger partial charge >= 0.3 is 0 Å². The Morgan fingerprint density at radius 2 is 2.00 bits per heavy atom. The van der Waals surface area contributed by atoms with Crippen molar-refractivity contribution in [3.05, 3.63) is 29.8 Å². The minimum Gasteiger partial charge on any atom is -0.380 e. The monoisotopic (exact) mass is 283 g/mol. The second kappa shape index (κ2) is 5.61. The van der Waals surface area contributed by atoms with Gasteiger partial charge in [-0.15, -0.1) is 0 Å².